The van der Waals surface area contributed by atoms with Crippen molar-refractivity contribution in [2.24, 2.45) is 0 Å². The minimum atomic E-state index is -0.919. The minimum Gasteiger partial charge on any atom is -0.478 e. The predicted molar refractivity (Wildman–Crippen MR) is 50.0 cm³/mol. The van der Waals surface area contributed by atoms with E-state index in [1.807, 2.05) is 18.2 Å². The number of allylic oxidation sites excluding steroid dienone is 5. The van der Waals surface area contributed by atoms with Gasteiger partial charge >= 0.3 is 5.97 Å². The maximum atomic E-state index is 10.00. The molecule has 0 aromatic rings. The molecule has 0 unspecified atom stereocenters. The standard InChI is InChI=1S/C10H14O2/c1-2-3-4-5-6-7-8-9-10(11)12/h4-9H,2-3H2,1H3,(H,11,12)/b5-4+,7-6+,9-8+. The Morgan fingerprint density at radius 3 is 2.50 bits per heavy atom. The molecule has 0 amide bonds. The minimum absolute atomic E-state index is 0.919. The molecule has 0 rings (SSSR count). The van der Waals surface area contributed by atoms with Crippen molar-refractivity contribution < 1.29 is 9.90 Å². The lowest BCUT2D eigenvalue weighted by molar-refractivity contribution is -0.131. The molecule has 0 aromatic carbocycles. The van der Waals surface area contributed by atoms with Gasteiger partial charge in [-0.2, -0.15) is 0 Å². The number of carboxylic acid groups (broad SMARTS) is 1. The van der Waals surface area contributed by atoms with E-state index in [4.69, 9.17) is 5.11 Å². The molecule has 66 valence electrons. The zero-order chi connectivity index (χ0) is 9.23. The van der Waals surface area contributed by atoms with E-state index in [-0.39, 0.29) is 0 Å². The maximum Gasteiger partial charge on any atom is 0.328 e. The molecule has 0 spiro atoms. The quantitative estimate of drug-likeness (QED) is 0.503. The van der Waals surface area contributed by atoms with E-state index >= 15 is 0 Å². The highest BCUT2D eigenvalue weighted by Crippen LogP contribution is 1.88. The van der Waals surface area contributed by atoms with Gasteiger partial charge in [-0.05, 0) is 6.42 Å². The third-order valence-corrected chi connectivity index (χ3v) is 1.16. The molecule has 0 heterocycles. The van der Waals surface area contributed by atoms with E-state index in [0.29, 0.717) is 0 Å². The van der Waals surface area contributed by atoms with Crippen LogP contribution in [0.4, 0.5) is 0 Å². The first-order chi connectivity index (χ1) is 5.77. The molecule has 0 aliphatic heterocycles. The topological polar surface area (TPSA) is 37.3 Å². The van der Waals surface area contributed by atoms with Crippen LogP contribution in [0.3, 0.4) is 0 Å². The maximum absolute atomic E-state index is 10.00. The highest BCUT2D eigenvalue weighted by Gasteiger charge is 1.79. The summed E-state index contributed by atoms with van der Waals surface area (Å²) in [6, 6.07) is 0. The molecular formula is C10H14O2. The average Bonchev–Trinajstić information content (AvgIpc) is 2.02. The van der Waals surface area contributed by atoms with Crippen molar-refractivity contribution in [3.05, 3.63) is 36.5 Å². The highest BCUT2D eigenvalue weighted by molar-refractivity contribution is 5.80. The van der Waals surface area contributed by atoms with Gasteiger partial charge in [-0.3, -0.25) is 0 Å². The van der Waals surface area contributed by atoms with Gasteiger partial charge < -0.3 is 5.11 Å². The summed E-state index contributed by atoms with van der Waals surface area (Å²) in [7, 11) is 0. The van der Waals surface area contributed by atoms with E-state index in [0.717, 1.165) is 18.9 Å². The van der Waals surface area contributed by atoms with Crippen LogP contribution in [0.2, 0.25) is 0 Å². The number of carbonyl (C=O) groups is 1. The number of hydrogen-bond donors (Lipinski definition) is 1. The number of hydrogen-bond acceptors (Lipinski definition) is 1. The van der Waals surface area contributed by atoms with Gasteiger partial charge in [0.1, 0.15) is 0 Å². The Morgan fingerprint density at radius 1 is 1.25 bits per heavy atom. The lowest BCUT2D eigenvalue weighted by atomic mass is 10.3. The molecule has 0 saturated carbocycles. The zero-order valence-electron chi connectivity index (χ0n) is 7.23. The van der Waals surface area contributed by atoms with Crippen molar-refractivity contribution in [1.29, 1.82) is 0 Å². The molecule has 0 aromatic heterocycles. The lowest BCUT2D eigenvalue weighted by Gasteiger charge is -1.79. The van der Waals surface area contributed by atoms with Crippen LogP contribution in [0.25, 0.3) is 0 Å². The van der Waals surface area contributed by atoms with Gasteiger partial charge in [0.2, 0.25) is 0 Å². The van der Waals surface area contributed by atoms with Crippen LogP contribution in [-0.2, 0) is 4.79 Å². The number of rotatable bonds is 5. The second-order valence-electron chi connectivity index (χ2n) is 2.30. The van der Waals surface area contributed by atoms with Crippen molar-refractivity contribution in [2.45, 2.75) is 19.8 Å². The first kappa shape index (κ1) is 10.7. The third-order valence-electron chi connectivity index (χ3n) is 1.16. The molecular weight excluding hydrogens is 152 g/mol. The molecule has 0 fully saturated rings. The van der Waals surface area contributed by atoms with Crippen molar-refractivity contribution in [1.82, 2.24) is 0 Å². The van der Waals surface area contributed by atoms with Gasteiger partial charge in [0.15, 0.2) is 0 Å². The van der Waals surface area contributed by atoms with E-state index in [9.17, 15) is 4.79 Å². The van der Waals surface area contributed by atoms with Crippen LogP contribution in [-0.4, -0.2) is 11.1 Å². The number of aliphatic carboxylic acids is 1. The van der Waals surface area contributed by atoms with Gasteiger partial charge in [0, 0.05) is 6.08 Å². The van der Waals surface area contributed by atoms with E-state index in [1.54, 1.807) is 6.08 Å². The Bertz CT molecular complexity index is 200. The summed E-state index contributed by atoms with van der Waals surface area (Å²) in [5.41, 5.74) is 0. The fraction of sp³-hybridized carbons (Fsp3) is 0.300. The van der Waals surface area contributed by atoms with E-state index in [2.05, 4.69) is 6.92 Å². The monoisotopic (exact) mass is 166 g/mol. The number of unbranched alkanes of at least 4 members (excludes halogenated alkanes) is 1. The Kier molecular flexibility index (Phi) is 6.94. The lowest BCUT2D eigenvalue weighted by Crippen LogP contribution is -1.84. The molecule has 0 saturated heterocycles. The molecule has 2 nitrogen and oxygen atoms in total. The first-order valence-corrected chi connectivity index (χ1v) is 4.00. The van der Waals surface area contributed by atoms with Crippen LogP contribution in [0.15, 0.2) is 36.5 Å². The Morgan fingerprint density at radius 2 is 1.92 bits per heavy atom. The van der Waals surface area contributed by atoms with Gasteiger partial charge in [0.05, 0.1) is 0 Å². The fourth-order valence-corrected chi connectivity index (χ4v) is 0.608. The molecule has 0 bridgehead atoms. The molecule has 12 heavy (non-hydrogen) atoms. The van der Waals surface area contributed by atoms with Crippen molar-refractivity contribution >= 4 is 5.97 Å². The Hall–Kier alpha value is -1.31. The second-order valence-corrected chi connectivity index (χ2v) is 2.30. The Labute approximate surface area is 72.9 Å². The van der Waals surface area contributed by atoms with Crippen molar-refractivity contribution in [3.8, 4) is 0 Å². The van der Waals surface area contributed by atoms with Gasteiger partial charge in [-0.1, -0.05) is 43.7 Å². The van der Waals surface area contributed by atoms with Gasteiger partial charge in [-0.15, -0.1) is 0 Å². The van der Waals surface area contributed by atoms with E-state index < -0.39 is 5.97 Å². The van der Waals surface area contributed by atoms with Crippen LogP contribution >= 0.6 is 0 Å². The third kappa shape index (κ3) is 8.69. The summed E-state index contributed by atoms with van der Waals surface area (Å²) < 4.78 is 0. The van der Waals surface area contributed by atoms with Gasteiger partial charge in [-0.25, -0.2) is 4.79 Å². The van der Waals surface area contributed by atoms with Gasteiger partial charge in [0.25, 0.3) is 0 Å². The van der Waals surface area contributed by atoms with Crippen LogP contribution in [0.5, 0.6) is 0 Å². The molecule has 2 heteroatoms. The summed E-state index contributed by atoms with van der Waals surface area (Å²) in [6.45, 7) is 2.11. The van der Waals surface area contributed by atoms with Crippen LogP contribution < -0.4 is 0 Å². The van der Waals surface area contributed by atoms with Crippen LogP contribution in [0, 0.1) is 0 Å². The van der Waals surface area contributed by atoms with Crippen molar-refractivity contribution in [3.63, 3.8) is 0 Å². The summed E-state index contributed by atoms with van der Waals surface area (Å²) in [6.07, 6.45) is 12.3. The zero-order valence-corrected chi connectivity index (χ0v) is 7.23. The Balaban J connectivity index is 3.56. The summed E-state index contributed by atoms with van der Waals surface area (Å²) in [5, 5.41) is 8.22. The first-order valence-electron chi connectivity index (χ1n) is 4.00. The molecule has 0 atom stereocenters. The smallest absolute Gasteiger partial charge is 0.328 e. The van der Waals surface area contributed by atoms with E-state index in [1.165, 1.54) is 6.08 Å². The SMILES string of the molecule is CCC/C=C/C=C/C=C/C(=O)O. The summed E-state index contributed by atoms with van der Waals surface area (Å²) in [5.74, 6) is -0.919. The largest absolute Gasteiger partial charge is 0.478 e. The molecule has 0 radical (unpaired) electrons. The normalized spacial score (nSPS) is 12.1. The number of carboxylic acids is 1. The molecule has 0 aliphatic rings. The van der Waals surface area contributed by atoms with Crippen molar-refractivity contribution in [2.75, 3.05) is 0 Å². The summed E-state index contributed by atoms with van der Waals surface area (Å²) >= 11 is 0. The summed E-state index contributed by atoms with van der Waals surface area (Å²) in [4.78, 5) is 10.00. The van der Waals surface area contributed by atoms with Crippen LogP contribution in [0.1, 0.15) is 19.8 Å². The molecule has 1 N–H and O–H groups in total. The second kappa shape index (κ2) is 7.79. The molecule has 0 aliphatic carbocycles. The highest BCUT2D eigenvalue weighted by atomic mass is 16.4. The predicted octanol–water partition coefficient (Wildman–Crippen LogP) is 2.54. The fourth-order valence-electron chi connectivity index (χ4n) is 0.608. The average molecular weight is 166 g/mol.